The highest BCUT2D eigenvalue weighted by atomic mass is 35.5. The molecule has 1 aliphatic rings. The lowest BCUT2D eigenvalue weighted by atomic mass is 10.1. The number of hydrogen-bond acceptors (Lipinski definition) is 1. The minimum absolute atomic E-state index is 0.633. The van der Waals surface area contributed by atoms with Gasteiger partial charge in [0, 0.05) is 10.0 Å². The molecular weight excluding hydrogens is 241 g/mol. The van der Waals surface area contributed by atoms with E-state index in [9.17, 15) is 0 Å². The number of benzene rings is 1. The van der Waals surface area contributed by atoms with Crippen molar-refractivity contribution in [3.63, 3.8) is 0 Å². The van der Waals surface area contributed by atoms with E-state index in [1.807, 2.05) is 12.1 Å². The standard InChI is InChI=1S/C13H17Cl2N/c1-2-5-16-8-9-6-12(9)11-4-3-10(14)7-13(11)15/h3-4,7,9,12,16H,2,5-6,8H2,1H3. The molecule has 2 unspecified atom stereocenters. The quantitative estimate of drug-likeness (QED) is 0.784. The van der Waals surface area contributed by atoms with E-state index in [1.165, 1.54) is 18.4 Å². The molecule has 0 saturated heterocycles. The van der Waals surface area contributed by atoms with Gasteiger partial charge in [-0.1, -0.05) is 36.2 Å². The summed E-state index contributed by atoms with van der Waals surface area (Å²) >= 11 is 12.1. The van der Waals surface area contributed by atoms with Crippen LogP contribution in [-0.4, -0.2) is 13.1 Å². The third-order valence-corrected chi connectivity index (χ3v) is 3.68. The molecule has 3 heteroatoms. The molecule has 2 rings (SSSR count). The molecular formula is C13H17Cl2N. The lowest BCUT2D eigenvalue weighted by Crippen LogP contribution is -2.17. The zero-order valence-corrected chi connectivity index (χ0v) is 11.0. The Morgan fingerprint density at radius 1 is 1.38 bits per heavy atom. The molecule has 0 bridgehead atoms. The fraction of sp³-hybridized carbons (Fsp3) is 0.538. The van der Waals surface area contributed by atoms with Gasteiger partial charge in [0.05, 0.1) is 0 Å². The minimum atomic E-state index is 0.633. The fourth-order valence-corrected chi connectivity index (χ4v) is 2.67. The summed E-state index contributed by atoms with van der Waals surface area (Å²) in [7, 11) is 0. The van der Waals surface area contributed by atoms with E-state index in [-0.39, 0.29) is 0 Å². The summed E-state index contributed by atoms with van der Waals surface area (Å²) in [6.45, 7) is 4.41. The molecule has 0 aliphatic heterocycles. The van der Waals surface area contributed by atoms with Crippen molar-refractivity contribution in [1.82, 2.24) is 5.32 Å². The SMILES string of the molecule is CCCNCC1CC1c1ccc(Cl)cc1Cl. The lowest BCUT2D eigenvalue weighted by Gasteiger charge is -2.05. The van der Waals surface area contributed by atoms with Gasteiger partial charge in [-0.2, -0.15) is 0 Å². The van der Waals surface area contributed by atoms with Gasteiger partial charge in [-0.25, -0.2) is 0 Å². The normalized spacial score (nSPS) is 23.4. The number of halogens is 2. The highest BCUT2D eigenvalue weighted by Crippen LogP contribution is 2.49. The maximum atomic E-state index is 6.19. The summed E-state index contributed by atoms with van der Waals surface area (Å²) in [6, 6.07) is 5.83. The van der Waals surface area contributed by atoms with Crippen LogP contribution in [0.1, 0.15) is 31.2 Å². The molecule has 1 N–H and O–H groups in total. The van der Waals surface area contributed by atoms with Crippen molar-refractivity contribution < 1.29 is 0 Å². The minimum Gasteiger partial charge on any atom is -0.316 e. The van der Waals surface area contributed by atoms with Gasteiger partial charge in [-0.3, -0.25) is 0 Å². The van der Waals surface area contributed by atoms with Crippen molar-refractivity contribution in [2.75, 3.05) is 13.1 Å². The molecule has 0 aromatic heterocycles. The van der Waals surface area contributed by atoms with Crippen LogP contribution in [0.4, 0.5) is 0 Å². The Hall–Kier alpha value is -0.240. The smallest absolute Gasteiger partial charge is 0.0455 e. The molecule has 1 saturated carbocycles. The predicted octanol–water partition coefficient (Wildman–Crippen LogP) is 4.10. The first-order valence-electron chi connectivity index (χ1n) is 5.88. The van der Waals surface area contributed by atoms with Gasteiger partial charge in [0.15, 0.2) is 0 Å². The van der Waals surface area contributed by atoms with Gasteiger partial charge in [-0.15, -0.1) is 0 Å². The zero-order chi connectivity index (χ0) is 11.5. The van der Waals surface area contributed by atoms with Gasteiger partial charge in [0.1, 0.15) is 0 Å². The van der Waals surface area contributed by atoms with Crippen molar-refractivity contribution in [3.05, 3.63) is 33.8 Å². The molecule has 16 heavy (non-hydrogen) atoms. The number of rotatable bonds is 5. The molecule has 1 nitrogen and oxygen atoms in total. The lowest BCUT2D eigenvalue weighted by molar-refractivity contribution is 0.620. The first kappa shape index (κ1) is 12.2. The van der Waals surface area contributed by atoms with Crippen molar-refractivity contribution in [1.29, 1.82) is 0 Å². The second kappa shape index (κ2) is 5.39. The first-order chi connectivity index (χ1) is 7.72. The van der Waals surface area contributed by atoms with E-state index >= 15 is 0 Å². The summed E-state index contributed by atoms with van der Waals surface area (Å²) in [5, 5.41) is 4.99. The second-order valence-corrected chi connectivity index (χ2v) is 5.32. The van der Waals surface area contributed by atoms with Crippen LogP contribution in [0, 0.1) is 5.92 Å². The summed E-state index contributed by atoms with van der Waals surface area (Å²) in [5.41, 5.74) is 1.26. The van der Waals surface area contributed by atoms with Gasteiger partial charge in [0.25, 0.3) is 0 Å². The maximum Gasteiger partial charge on any atom is 0.0455 e. The second-order valence-electron chi connectivity index (χ2n) is 4.47. The van der Waals surface area contributed by atoms with E-state index in [1.54, 1.807) is 0 Å². The Morgan fingerprint density at radius 3 is 2.88 bits per heavy atom. The molecule has 0 amide bonds. The molecule has 2 atom stereocenters. The molecule has 1 aromatic rings. The maximum absolute atomic E-state index is 6.19. The zero-order valence-electron chi connectivity index (χ0n) is 9.47. The largest absolute Gasteiger partial charge is 0.316 e. The molecule has 0 spiro atoms. The van der Waals surface area contributed by atoms with Crippen LogP contribution in [-0.2, 0) is 0 Å². The van der Waals surface area contributed by atoms with Crippen LogP contribution in [0.2, 0.25) is 10.0 Å². The van der Waals surface area contributed by atoms with Crippen molar-refractivity contribution in [2.45, 2.75) is 25.7 Å². The van der Waals surface area contributed by atoms with E-state index < -0.39 is 0 Å². The van der Waals surface area contributed by atoms with Crippen LogP contribution in [0.25, 0.3) is 0 Å². The number of hydrogen-bond donors (Lipinski definition) is 1. The Balaban J connectivity index is 1.90. The molecule has 88 valence electrons. The summed E-state index contributed by atoms with van der Waals surface area (Å²) in [6.07, 6.45) is 2.44. The molecule has 0 radical (unpaired) electrons. The molecule has 1 fully saturated rings. The Labute approximate surface area is 107 Å². The van der Waals surface area contributed by atoms with Gasteiger partial charge in [0.2, 0.25) is 0 Å². The highest BCUT2D eigenvalue weighted by molar-refractivity contribution is 6.35. The van der Waals surface area contributed by atoms with Gasteiger partial charge < -0.3 is 5.32 Å². The average molecular weight is 258 g/mol. The summed E-state index contributed by atoms with van der Waals surface area (Å²) in [4.78, 5) is 0. The van der Waals surface area contributed by atoms with Crippen molar-refractivity contribution in [3.8, 4) is 0 Å². The third kappa shape index (κ3) is 2.91. The van der Waals surface area contributed by atoms with Crippen LogP contribution in [0.5, 0.6) is 0 Å². The summed E-state index contributed by atoms with van der Waals surface area (Å²) < 4.78 is 0. The van der Waals surface area contributed by atoms with Crippen LogP contribution < -0.4 is 5.32 Å². The molecule has 1 aromatic carbocycles. The topological polar surface area (TPSA) is 12.0 Å². The van der Waals surface area contributed by atoms with Crippen molar-refractivity contribution in [2.24, 2.45) is 5.92 Å². The van der Waals surface area contributed by atoms with E-state index in [0.29, 0.717) is 5.92 Å². The van der Waals surface area contributed by atoms with E-state index in [2.05, 4.69) is 18.3 Å². The number of nitrogens with one attached hydrogen (secondary N) is 1. The molecule has 1 aliphatic carbocycles. The van der Waals surface area contributed by atoms with Crippen LogP contribution in [0.3, 0.4) is 0 Å². The fourth-order valence-electron chi connectivity index (χ4n) is 2.12. The Morgan fingerprint density at radius 2 is 2.19 bits per heavy atom. The predicted molar refractivity (Wildman–Crippen MR) is 70.5 cm³/mol. The Kier molecular flexibility index (Phi) is 4.12. The molecule has 0 heterocycles. The van der Waals surface area contributed by atoms with Gasteiger partial charge >= 0.3 is 0 Å². The first-order valence-corrected chi connectivity index (χ1v) is 6.63. The summed E-state index contributed by atoms with van der Waals surface area (Å²) in [5.74, 6) is 1.39. The van der Waals surface area contributed by atoms with E-state index in [0.717, 1.165) is 29.1 Å². The van der Waals surface area contributed by atoms with E-state index in [4.69, 9.17) is 23.2 Å². The highest BCUT2D eigenvalue weighted by Gasteiger charge is 2.38. The van der Waals surface area contributed by atoms with Crippen molar-refractivity contribution >= 4 is 23.2 Å². The third-order valence-electron chi connectivity index (χ3n) is 3.12. The van der Waals surface area contributed by atoms with Crippen LogP contribution in [0.15, 0.2) is 18.2 Å². The van der Waals surface area contributed by atoms with Gasteiger partial charge in [-0.05, 0) is 55.5 Å². The Bertz CT molecular complexity index is 365. The van der Waals surface area contributed by atoms with Crippen LogP contribution >= 0.6 is 23.2 Å². The average Bonchev–Trinajstić information content (AvgIpc) is 2.98. The monoisotopic (exact) mass is 257 g/mol.